The van der Waals surface area contributed by atoms with Crippen LogP contribution in [0.2, 0.25) is 0 Å². The normalized spacial score (nSPS) is 22.4. The van der Waals surface area contributed by atoms with Crippen LogP contribution >= 0.6 is 0 Å². The zero-order valence-corrected chi connectivity index (χ0v) is 15.2. The predicted octanol–water partition coefficient (Wildman–Crippen LogP) is 1.41. The number of aliphatic hydroxyl groups excluding tert-OH is 1. The minimum absolute atomic E-state index is 0.300. The number of piperidine rings is 1. The van der Waals surface area contributed by atoms with Crippen LogP contribution in [0.4, 0.5) is 4.79 Å². The lowest BCUT2D eigenvalue weighted by Gasteiger charge is -2.31. The topological polar surface area (TPSA) is 102 Å². The summed E-state index contributed by atoms with van der Waals surface area (Å²) in [5, 5.41) is 25.3. The van der Waals surface area contributed by atoms with E-state index in [4.69, 9.17) is 5.11 Å². The van der Waals surface area contributed by atoms with E-state index in [0.717, 1.165) is 12.8 Å². The Morgan fingerprint density at radius 2 is 1.64 bits per heavy atom. The second-order valence-corrected chi connectivity index (χ2v) is 7.60. The summed E-state index contributed by atoms with van der Waals surface area (Å²) in [6, 6.07) is -0.316. The Balaban J connectivity index is 1.63. The minimum atomic E-state index is -1.05. The van der Waals surface area contributed by atoms with Gasteiger partial charge in [0.25, 0.3) is 0 Å². The lowest BCUT2D eigenvalue weighted by atomic mass is 9.89. The number of nitrogens with one attached hydrogen (secondary N) is 2. The fourth-order valence-corrected chi connectivity index (χ4v) is 3.76. The van der Waals surface area contributed by atoms with Gasteiger partial charge in [-0.1, -0.05) is 19.3 Å². The first-order chi connectivity index (χ1) is 12.0. The molecule has 2 aliphatic rings. The molecule has 1 aliphatic heterocycles. The van der Waals surface area contributed by atoms with Crippen LogP contribution in [-0.2, 0) is 4.79 Å². The largest absolute Gasteiger partial charge is 0.465 e. The van der Waals surface area contributed by atoms with E-state index in [1.54, 1.807) is 0 Å². The number of hydrogen-bond acceptors (Lipinski definition) is 4. The molecule has 2 amide bonds. The van der Waals surface area contributed by atoms with Crippen molar-refractivity contribution in [3.05, 3.63) is 0 Å². The maximum Gasteiger partial charge on any atom is 0.407 e. The lowest BCUT2D eigenvalue weighted by Crippen LogP contribution is -2.50. The third kappa shape index (κ3) is 6.47. The van der Waals surface area contributed by atoms with Crippen molar-refractivity contribution in [2.24, 2.45) is 11.8 Å². The molecule has 7 heteroatoms. The Kier molecular flexibility index (Phi) is 7.96. The average molecular weight is 355 g/mol. The molecule has 2 rings (SSSR count). The second-order valence-electron chi connectivity index (χ2n) is 7.60. The Hall–Kier alpha value is -1.34. The third-order valence-corrected chi connectivity index (χ3v) is 5.65. The minimum Gasteiger partial charge on any atom is -0.465 e. The van der Waals surface area contributed by atoms with Crippen LogP contribution in [0, 0.1) is 11.8 Å². The number of carbonyl (C=O) groups is 2. The smallest absolute Gasteiger partial charge is 0.407 e. The molecule has 2 unspecified atom stereocenters. The van der Waals surface area contributed by atoms with Gasteiger partial charge in [-0.15, -0.1) is 0 Å². The van der Waals surface area contributed by atoms with Gasteiger partial charge in [-0.05, 0) is 51.0 Å². The highest BCUT2D eigenvalue weighted by Crippen LogP contribution is 2.22. The highest BCUT2D eigenvalue weighted by molar-refractivity contribution is 5.81. The Bertz CT molecular complexity index is 432. The van der Waals surface area contributed by atoms with E-state index in [9.17, 15) is 14.7 Å². The molecule has 1 saturated carbocycles. The molecule has 2 atom stereocenters. The van der Waals surface area contributed by atoms with Crippen molar-refractivity contribution >= 4 is 12.0 Å². The van der Waals surface area contributed by atoms with Gasteiger partial charge in [-0.2, -0.15) is 0 Å². The van der Waals surface area contributed by atoms with Crippen LogP contribution < -0.4 is 10.6 Å². The fraction of sp³-hybridized carbons (Fsp3) is 0.889. The standard InChI is InChI=1S/C18H33N3O4/c1-13(19-11-15-7-9-21(10-8-15)18(24)25)16(22)17(23)20-12-14-5-3-2-4-6-14/h13-16,19,22H,2-12H2,1H3,(H,20,23)(H,24,25). The van der Waals surface area contributed by atoms with Crippen molar-refractivity contribution in [1.82, 2.24) is 15.5 Å². The average Bonchev–Trinajstić information content (AvgIpc) is 2.64. The number of carbonyl (C=O) groups excluding carboxylic acids is 1. The maximum absolute atomic E-state index is 12.1. The van der Waals surface area contributed by atoms with Gasteiger partial charge in [0, 0.05) is 25.7 Å². The first-order valence-corrected chi connectivity index (χ1v) is 9.64. The van der Waals surface area contributed by atoms with E-state index in [-0.39, 0.29) is 11.9 Å². The van der Waals surface area contributed by atoms with Crippen LogP contribution in [0.3, 0.4) is 0 Å². The van der Waals surface area contributed by atoms with E-state index in [1.807, 2.05) is 6.92 Å². The van der Waals surface area contributed by atoms with E-state index >= 15 is 0 Å². The third-order valence-electron chi connectivity index (χ3n) is 5.65. The molecule has 1 heterocycles. The molecule has 1 aliphatic carbocycles. The first-order valence-electron chi connectivity index (χ1n) is 9.64. The van der Waals surface area contributed by atoms with E-state index in [0.29, 0.717) is 38.0 Å². The number of likely N-dealkylation sites (tertiary alicyclic amines) is 1. The Labute approximate surface area is 150 Å². The molecule has 7 nitrogen and oxygen atoms in total. The van der Waals surface area contributed by atoms with Gasteiger partial charge in [0.05, 0.1) is 0 Å². The Morgan fingerprint density at radius 1 is 1.04 bits per heavy atom. The molecule has 1 saturated heterocycles. The summed E-state index contributed by atoms with van der Waals surface area (Å²) in [7, 11) is 0. The van der Waals surface area contributed by atoms with Crippen molar-refractivity contribution in [3.63, 3.8) is 0 Å². The summed E-state index contributed by atoms with van der Waals surface area (Å²) in [6.07, 6.45) is 5.82. The summed E-state index contributed by atoms with van der Waals surface area (Å²) in [6.45, 7) is 4.29. The van der Waals surface area contributed by atoms with Crippen molar-refractivity contribution in [2.75, 3.05) is 26.2 Å². The monoisotopic (exact) mass is 355 g/mol. The van der Waals surface area contributed by atoms with E-state index in [2.05, 4.69) is 10.6 Å². The lowest BCUT2D eigenvalue weighted by molar-refractivity contribution is -0.130. The van der Waals surface area contributed by atoms with E-state index in [1.165, 1.54) is 37.0 Å². The molecule has 0 aromatic carbocycles. The van der Waals surface area contributed by atoms with Crippen LogP contribution in [0.5, 0.6) is 0 Å². The van der Waals surface area contributed by atoms with Crippen molar-refractivity contribution in [1.29, 1.82) is 0 Å². The summed E-state index contributed by atoms with van der Waals surface area (Å²) < 4.78 is 0. The molecule has 4 N–H and O–H groups in total. The molecule has 2 fully saturated rings. The molecular formula is C18H33N3O4. The SMILES string of the molecule is CC(NCC1CCN(C(=O)O)CC1)C(O)C(=O)NCC1CCCCC1. The number of amides is 2. The van der Waals surface area contributed by atoms with Gasteiger partial charge >= 0.3 is 6.09 Å². The number of aliphatic hydroxyl groups is 1. The van der Waals surface area contributed by atoms with Crippen LogP contribution in [0.25, 0.3) is 0 Å². The summed E-state index contributed by atoms with van der Waals surface area (Å²) in [4.78, 5) is 24.5. The predicted molar refractivity (Wildman–Crippen MR) is 95.4 cm³/mol. The zero-order valence-electron chi connectivity index (χ0n) is 15.2. The second kappa shape index (κ2) is 9.97. The molecule has 0 spiro atoms. The quantitative estimate of drug-likeness (QED) is 0.553. The van der Waals surface area contributed by atoms with Crippen molar-refractivity contribution in [2.45, 2.75) is 64.0 Å². The summed E-state index contributed by atoms with van der Waals surface area (Å²) in [5.74, 6) is 0.634. The van der Waals surface area contributed by atoms with Gasteiger partial charge in [0.2, 0.25) is 5.91 Å². The summed E-state index contributed by atoms with van der Waals surface area (Å²) in [5.41, 5.74) is 0. The van der Waals surface area contributed by atoms with Gasteiger partial charge in [0.1, 0.15) is 6.10 Å². The number of carboxylic acid groups (broad SMARTS) is 1. The van der Waals surface area contributed by atoms with Crippen LogP contribution in [-0.4, -0.2) is 65.4 Å². The highest BCUT2D eigenvalue weighted by atomic mass is 16.4. The van der Waals surface area contributed by atoms with Crippen molar-refractivity contribution in [3.8, 4) is 0 Å². The number of hydrogen-bond donors (Lipinski definition) is 4. The number of nitrogens with zero attached hydrogens (tertiary/aromatic N) is 1. The molecule has 0 bridgehead atoms. The molecule has 0 aromatic rings. The first kappa shape index (κ1) is 20.0. The zero-order chi connectivity index (χ0) is 18.2. The molecule has 0 radical (unpaired) electrons. The van der Waals surface area contributed by atoms with Crippen LogP contribution in [0.1, 0.15) is 51.9 Å². The van der Waals surface area contributed by atoms with Crippen LogP contribution in [0.15, 0.2) is 0 Å². The van der Waals surface area contributed by atoms with Gasteiger partial charge in [-0.3, -0.25) is 4.79 Å². The Morgan fingerprint density at radius 3 is 2.24 bits per heavy atom. The highest BCUT2D eigenvalue weighted by Gasteiger charge is 2.26. The summed E-state index contributed by atoms with van der Waals surface area (Å²) >= 11 is 0. The van der Waals surface area contributed by atoms with E-state index < -0.39 is 12.2 Å². The molecule has 25 heavy (non-hydrogen) atoms. The van der Waals surface area contributed by atoms with Gasteiger partial charge < -0.3 is 25.7 Å². The van der Waals surface area contributed by atoms with Gasteiger partial charge in [0.15, 0.2) is 0 Å². The molecular weight excluding hydrogens is 322 g/mol. The van der Waals surface area contributed by atoms with Crippen molar-refractivity contribution < 1.29 is 19.8 Å². The fourth-order valence-electron chi connectivity index (χ4n) is 3.76. The molecule has 144 valence electrons. The number of rotatable bonds is 7. The van der Waals surface area contributed by atoms with Gasteiger partial charge in [-0.25, -0.2) is 4.79 Å². The molecule has 0 aromatic heterocycles. The maximum atomic E-state index is 12.1.